The highest BCUT2D eigenvalue weighted by Gasteiger charge is 2.17. The van der Waals surface area contributed by atoms with E-state index in [9.17, 15) is 0 Å². The van der Waals surface area contributed by atoms with Gasteiger partial charge in [-0.15, -0.1) is 0 Å². The summed E-state index contributed by atoms with van der Waals surface area (Å²) in [4.78, 5) is 7.52. The number of ether oxygens (including phenoxy) is 1. The number of halogens is 1. The highest BCUT2D eigenvalue weighted by molar-refractivity contribution is 6.31. The van der Waals surface area contributed by atoms with Crippen molar-refractivity contribution < 1.29 is 4.74 Å². The summed E-state index contributed by atoms with van der Waals surface area (Å²) in [5.41, 5.74) is 2.99. The van der Waals surface area contributed by atoms with Crippen molar-refractivity contribution in [3.63, 3.8) is 0 Å². The number of methoxy groups -OCH3 is 1. The van der Waals surface area contributed by atoms with Gasteiger partial charge in [0.15, 0.2) is 0 Å². The van der Waals surface area contributed by atoms with Crippen molar-refractivity contribution in [3.8, 4) is 5.75 Å². The third-order valence-electron chi connectivity index (χ3n) is 6.68. The summed E-state index contributed by atoms with van der Waals surface area (Å²) in [5.74, 6) is 1.74. The molecule has 0 atom stereocenters. The van der Waals surface area contributed by atoms with Crippen LogP contribution in [0.25, 0.3) is 21.8 Å². The zero-order valence-electron chi connectivity index (χ0n) is 19.5. The molecule has 0 aliphatic heterocycles. The molecule has 4 nitrogen and oxygen atoms in total. The molecular weight excluding hydrogens is 418 g/mol. The summed E-state index contributed by atoms with van der Waals surface area (Å²) in [5, 5.41) is 6.64. The lowest BCUT2D eigenvalue weighted by Crippen LogP contribution is -2.33. The predicted molar refractivity (Wildman–Crippen MR) is 137 cm³/mol. The molecule has 4 rings (SSSR count). The van der Waals surface area contributed by atoms with E-state index < -0.39 is 0 Å². The fourth-order valence-electron chi connectivity index (χ4n) is 5.08. The molecule has 172 valence electrons. The summed E-state index contributed by atoms with van der Waals surface area (Å²) >= 11 is 6.26. The quantitative estimate of drug-likeness (QED) is 0.261. The van der Waals surface area contributed by atoms with Gasteiger partial charge in [-0.1, -0.05) is 37.8 Å². The maximum atomic E-state index is 6.26. The number of benzene rings is 2. The van der Waals surface area contributed by atoms with Crippen LogP contribution in [0.1, 0.15) is 51.9 Å². The van der Waals surface area contributed by atoms with E-state index in [1.807, 2.05) is 24.3 Å². The van der Waals surface area contributed by atoms with Crippen LogP contribution in [0.2, 0.25) is 5.02 Å². The second kappa shape index (κ2) is 11.2. The number of anilines is 1. The molecule has 0 spiro atoms. The van der Waals surface area contributed by atoms with E-state index in [4.69, 9.17) is 21.3 Å². The number of hydrogen-bond donors (Lipinski definition) is 1. The Morgan fingerprint density at radius 2 is 1.88 bits per heavy atom. The minimum atomic E-state index is 0.710. The van der Waals surface area contributed by atoms with Gasteiger partial charge in [0.2, 0.25) is 0 Å². The first kappa shape index (κ1) is 23.1. The van der Waals surface area contributed by atoms with Crippen LogP contribution in [0, 0.1) is 5.92 Å². The third kappa shape index (κ3) is 5.65. The summed E-state index contributed by atoms with van der Waals surface area (Å²) in [6.07, 6.45) is 9.44. The first-order chi connectivity index (χ1) is 15.7. The van der Waals surface area contributed by atoms with E-state index in [1.165, 1.54) is 51.6 Å². The highest BCUT2D eigenvalue weighted by atomic mass is 35.5. The van der Waals surface area contributed by atoms with Gasteiger partial charge in [-0.25, -0.2) is 4.98 Å². The van der Waals surface area contributed by atoms with E-state index >= 15 is 0 Å². The number of hydrogen-bond acceptors (Lipinski definition) is 4. The zero-order chi connectivity index (χ0) is 22.3. The number of nitrogens with zero attached hydrogens (tertiary/aromatic N) is 2. The van der Waals surface area contributed by atoms with Gasteiger partial charge >= 0.3 is 0 Å². The molecule has 1 aliphatic carbocycles. The Hall–Kier alpha value is -2.04. The SMILES string of the molecule is CCCN(CCCNc1c2ccc(Cl)cc2nc2ccc(OC)cc12)CC1CCCCC1. The van der Waals surface area contributed by atoms with Crippen LogP contribution in [-0.2, 0) is 0 Å². The summed E-state index contributed by atoms with van der Waals surface area (Å²) < 4.78 is 5.48. The largest absolute Gasteiger partial charge is 0.497 e. The average Bonchev–Trinajstić information content (AvgIpc) is 2.81. The monoisotopic (exact) mass is 453 g/mol. The molecule has 2 aromatic carbocycles. The van der Waals surface area contributed by atoms with Gasteiger partial charge in [0.25, 0.3) is 0 Å². The summed E-state index contributed by atoms with van der Waals surface area (Å²) in [6, 6.07) is 12.0. The normalized spacial score (nSPS) is 15.0. The maximum absolute atomic E-state index is 6.26. The zero-order valence-corrected chi connectivity index (χ0v) is 20.3. The number of aromatic nitrogens is 1. The highest BCUT2D eigenvalue weighted by Crippen LogP contribution is 2.34. The van der Waals surface area contributed by atoms with Crippen molar-refractivity contribution >= 4 is 39.1 Å². The Balaban J connectivity index is 1.48. The molecule has 1 aliphatic rings. The van der Waals surface area contributed by atoms with Crippen molar-refractivity contribution in [2.75, 3.05) is 38.6 Å². The van der Waals surface area contributed by atoms with Crippen molar-refractivity contribution in [3.05, 3.63) is 41.4 Å². The van der Waals surface area contributed by atoms with Crippen LogP contribution in [0.4, 0.5) is 5.69 Å². The molecule has 3 aromatic rings. The molecule has 1 aromatic heterocycles. The molecular formula is C27H36ClN3O. The predicted octanol–water partition coefficient (Wildman–Crippen LogP) is 7.14. The summed E-state index contributed by atoms with van der Waals surface area (Å²) in [7, 11) is 1.71. The number of pyridine rings is 1. The molecule has 5 heteroatoms. The second-order valence-electron chi connectivity index (χ2n) is 9.12. The molecule has 1 fully saturated rings. The molecule has 32 heavy (non-hydrogen) atoms. The van der Waals surface area contributed by atoms with E-state index in [0.29, 0.717) is 5.02 Å². The standard InChI is InChI=1S/C27H36ClN3O/c1-3-15-31(19-20-8-5-4-6-9-20)16-7-14-29-27-23-12-10-21(28)17-26(23)30-25-13-11-22(32-2)18-24(25)27/h10-13,17-18,20H,3-9,14-16,19H2,1-2H3,(H,29,30). The molecule has 0 saturated heterocycles. The average molecular weight is 454 g/mol. The smallest absolute Gasteiger partial charge is 0.119 e. The molecule has 1 heterocycles. The van der Waals surface area contributed by atoms with Crippen molar-refractivity contribution in [2.45, 2.75) is 51.9 Å². The Morgan fingerprint density at radius 3 is 2.66 bits per heavy atom. The van der Waals surface area contributed by atoms with Gasteiger partial charge in [0.1, 0.15) is 5.75 Å². The fourth-order valence-corrected chi connectivity index (χ4v) is 5.24. The molecule has 0 unspecified atom stereocenters. The summed E-state index contributed by atoms with van der Waals surface area (Å²) in [6.45, 7) is 6.84. The van der Waals surface area contributed by atoms with E-state index in [-0.39, 0.29) is 0 Å². The van der Waals surface area contributed by atoms with Crippen LogP contribution < -0.4 is 10.1 Å². The van der Waals surface area contributed by atoms with Crippen molar-refractivity contribution in [1.29, 1.82) is 0 Å². The van der Waals surface area contributed by atoms with Crippen LogP contribution in [0.5, 0.6) is 5.75 Å². The minimum Gasteiger partial charge on any atom is -0.497 e. The Bertz CT molecular complexity index is 1030. The van der Waals surface area contributed by atoms with Gasteiger partial charge in [-0.2, -0.15) is 0 Å². The van der Waals surface area contributed by atoms with Gasteiger partial charge < -0.3 is 15.0 Å². The van der Waals surface area contributed by atoms with Gasteiger partial charge in [-0.3, -0.25) is 0 Å². The lowest BCUT2D eigenvalue weighted by Gasteiger charge is -2.29. The maximum Gasteiger partial charge on any atom is 0.119 e. The third-order valence-corrected chi connectivity index (χ3v) is 6.91. The van der Waals surface area contributed by atoms with Crippen LogP contribution >= 0.6 is 11.6 Å². The van der Waals surface area contributed by atoms with E-state index in [1.54, 1.807) is 7.11 Å². The van der Waals surface area contributed by atoms with Crippen LogP contribution in [-0.4, -0.2) is 43.2 Å². The van der Waals surface area contributed by atoms with Crippen LogP contribution in [0.3, 0.4) is 0 Å². The minimum absolute atomic E-state index is 0.710. The van der Waals surface area contributed by atoms with Gasteiger partial charge in [0, 0.05) is 28.9 Å². The van der Waals surface area contributed by atoms with E-state index in [0.717, 1.165) is 58.7 Å². The van der Waals surface area contributed by atoms with Crippen molar-refractivity contribution in [2.24, 2.45) is 5.92 Å². The van der Waals surface area contributed by atoms with Crippen LogP contribution in [0.15, 0.2) is 36.4 Å². The first-order valence-electron chi connectivity index (χ1n) is 12.2. The lowest BCUT2D eigenvalue weighted by molar-refractivity contribution is 0.200. The fraction of sp³-hybridized carbons (Fsp3) is 0.519. The molecule has 0 bridgehead atoms. The first-order valence-corrected chi connectivity index (χ1v) is 12.6. The molecule has 0 amide bonds. The molecule has 0 radical (unpaired) electrons. The Kier molecular flexibility index (Phi) is 8.10. The second-order valence-corrected chi connectivity index (χ2v) is 9.55. The Labute approximate surface area is 197 Å². The van der Waals surface area contributed by atoms with E-state index in [2.05, 4.69) is 29.3 Å². The van der Waals surface area contributed by atoms with Gasteiger partial charge in [-0.05, 0) is 81.1 Å². The van der Waals surface area contributed by atoms with Gasteiger partial charge in [0.05, 0.1) is 23.8 Å². The molecule has 1 N–H and O–H groups in total. The number of nitrogens with one attached hydrogen (secondary N) is 1. The molecule has 1 saturated carbocycles. The lowest BCUT2D eigenvalue weighted by atomic mass is 9.89. The topological polar surface area (TPSA) is 37.4 Å². The number of rotatable bonds is 10. The van der Waals surface area contributed by atoms with Crippen molar-refractivity contribution in [1.82, 2.24) is 9.88 Å². The Morgan fingerprint density at radius 1 is 1.03 bits per heavy atom. The number of fused-ring (bicyclic) bond motifs is 2.